The number of imide groups is 1. The summed E-state index contributed by atoms with van der Waals surface area (Å²) in [7, 11) is 0. The summed E-state index contributed by atoms with van der Waals surface area (Å²) in [5.41, 5.74) is 0.907. The molecule has 4 rings (SSSR count). The number of hydrogen-bond donors (Lipinski definition) is 2. The molecular formula is C22H29N3O4. The Balaban J connectivity index is 1.27. The number of nitrogens with one attached hydrogen (secondary N) is 2. The Morgan fingerprint density at radius 1 is 0.966 bits per heavy atom. The van der Waals surface area contributed by atoms with Crippen molar-refractivity contribution in [1.82, 2.24) is 15.5 Å². The van der Waals surface area contributed by atoms with Crippen LogP contribution in [0.3, 0.4) is 0 Å². The molecule has 0 aliphatic carbocycles. The van der Waals surface area contributed by atoms with E-state index in [1.54, 1.807) is 0 Å². The Hall–Kier alpha value is -2.41. The normalized spacial score (nSPS) is 24.3. The van der Waals surface area contributed by atoms with Gasteiger partial charge in [-0.15, -0.1) is 0 Å². The van der Waals surface area contributed by atoms with Crippen molar-refractivity contribution >= 4 is 17.7 Å². The molecule has 3 amide bonds. The van der Waals surface area contributed by atoms with Gasteiger partial charge in [-0.2, -0.15) is 0 Å². The third kappa shape index (κ3) is 4.78. The lowest BCUT2D eigenvalue weighted by molar-refractivity contribution is -0.138. The lowest BCUT2D eigenvalue weighted by Crippen LogP contribution is -2.46. The first kappa shape index (κ1) is 19.9. The fourth-order valence-electron chi connectivity index (χ4n) is 4.50. The van der Waals surface area contributed by atoms with Crippen LogP contribution in [0.2, 0.25) is 0 Å². The molecule has 0 aromatic heterocycles. The average molecular weight is 399 g/mol. The van der Waals surface area contributed by atoms with Gasteiger partial charge >= 0.3 is 0 Å². The van der Waals surface area contributed by atoms with E-state index < -0.39 is 0 Å². The predicted molar refractivity (Wildman–Crippen MR) is 107 cm³/mol. The van der Waals surface area contributed by atoms with Crippen LogP contribution in [0.25, 0.3) is 0 Å². The first-order valence-corrected chi connectivity index (χ1v) is 10.7. The summed E-state index contributed by atoms with van der Waals surface area (Å²) in [6, 6.07) is 7.60. The van der Waals surface area contributed by atoms with E-state index in [2.05, 4.69) is 10.6 Å². The summed E-state index contributed by atoms with van der Waals surface area (Å²) in [5.74, 6) is 0.569. The predicted octanol–water partition coefficient (Wildman–Crippen LogP) is 1.58. The minimum atomic E-state index is -0.272. The number of piperidine rings is 3. The van der Waals surface area contributed by atoms with Gasteiger partial charge in [-0.25, -0.2) is 0 Å². The Labute approximate surface area is 171 Å². The number of likely N-dealkylation sites (tertiary alicyclic amines) is 1. The smallest absolute Gasteiger partial charge is 0.234 e. The fourth-order valence-corrected chi connectivity index (χ4v) is 4.50. The molecule has 3 saturated heterocycles. The molecule has 3 aliphatic rings. The van der Waals surface area contributed by atoms with Gasteiger partial charge in [0.2, 0.25) is 17.7 Å². The van der Waals surface area contributed by atoms with Crippen LogP contribution in [-0.2, 0) is 14.4 Å². The van der Waals surface area contributed by atoms with E-state index in [-0.39, 0.29) is 29.8 Å². The van der Waals surface area contributed by atoms with Crippen LogP contribution in [0.15, 0.2) is 24.3 Å². The zero-order chi connectivity index (χ0) is 20.2. The zero-order valence-electron chi connectivity index (χ0n) is 16.7. The first-order chi connectivity index (χ1) is 14.1. The number of carbonyl (C=O) groups excluding carboxylic acids is 3. The van der Waals surface area contributed by atoms with Gasteiger partial charge in [-0.3, -0.25) is 19.7 Å². The molecule has 7 heteroatoms. The standard InChI is InChI=1S/C22H29N3O4/c26-20-6-5-19(21(27)24-20)15-1-3-17(4-2-15)29-18-9-13-25(14-10-18)22(28)16-7-11-23-12-8-16/h1-4,16,18-19,23H,5-14H2,(H,24,26,27)/t19-/m1/s1. The van der Waals surface area contributed by atoms with Crippen molar-refractivity contribution in [3.63, 3.8) is 0 Å². The minimum Gasteiger partial charge on any atom is -0.490 e. The Kier molecular flexibility index (Phi) is 6.13. The molecule has 7 nitrogen and oxygen atoms in total. The van der Waals surface area contributed by atoms with Gasteiger partial charge in [0, 0.05) is 38.3 Å². The van der Waals surface area contributed by atoms with Gasteiger partial charge in [0.15, 0.2) is 0 Å². The maximum Gasteiger partial charge on any atom is 0.234 e. The van der Waals surface area contributed by atoms with Crippen molar-refractivity contribution in [3.8, 4) is 5.75 Å². The Morgan fingerprint density at radius 3 is 2.31 bits per heavy atom. The number of nitrogens with zero attached hydrogens (tertiary/aromatic N) is 1. The van der Waals surface area contributed by atoms with Gasteiger partial charge in [-0.05, 0) is 50.0 Å². The van der Waals surface area contributed by atoms with E-state index in [4.69, 9.17) is 4.74 Å². The number of ether oxygens (including phenoxy) is 1. The van der Waals surface area contributed by atoms with Gasteiger partial charge in [-0.1, -0.05) is 12.1 Å². The number of rotatable bonds is 4. The zero-order valence-corrected chi connectivity index (χ0v) is 16.7. The van der Waals surface area contributed by atoms with E-state index in [9.17, 15) is 14.4 Å². The van der Waals surface area contributed by atoms with E-state index in [1.807, 2.05) is 29.2 Å². The number of carbonyl (C=O) groups is 3. The second-order valence-corrected chi connectivity index (χ2v) is 8.24. The lowest BCUT2D eigenvalue weighted by atomic mass is 9.90. The van der Waals surface area contributed by atoms with E-state index in [0.29, 0.717) is 18.7 Å². The molecule has 1 atom stereocenters. The number of hydrogen-bond acceptors (Lipinski definition) is 5. The molecule has 0 unspecified atom stereocenters. The second kappa shape index (κ2) is 8.95. The van der Waals surface area contributed by atoms with Crippen molar-refractivity contribution in [1.29, 1.82) is 0 Å². The first-order valence-electron chi connectivity index (χ1n) is 10.7. The highest BCUT2D eigenvalue weighted by molar-refractivity contribution is 6.00. The fraction of sp³-hybridized carbons (Fsp3) is 0.591. The van der Waals surface area contributed by atoms with Crippen molar-refractivity contribution in [2.45, 2.75) is 50.5 Å². The topological polar surface area (TPSA) is 87.7 Å². The van der Waals surface area contributed by atoms with Crippen LogP contribution in [0.4, 0.5) is 0 Å². The number of benzene rings is 1. The lowest BCUT2D eigenvalue weighted by Gasteiger charge is -2.35. The molecule has 1 aromatic rings. The van der Waals surface area contributed by atoms with Crippen molar-refractivity contribution in [2.24, 2.45) is 5.92 Å². The molecule has 3 heterocycles. The monoisotopic (exact) mass is 399 g/mol. The highest BCUT2D eigenvalue weighted by Crippen LogP contribution is 2.28. The van der Waals surface area contributed by atoms with Gasteiger partial charge in [0.25, 0.3) is 0 Å². The molecular weight excluding hydrogens is 370 g/mol. The van der Waals surface area contributed by atoms with Crippen molar-refractivity contribution in [2.75, 3.05) is 26.2 Å². The molecule has 1 aromatic carbocycles. The average Bonchev–Trinajstić information content (AvgIpc) is 2.75. The summed E-state index contributed by atoms with van der Waals surface area (Å²) in [4.78, 5) is 38.0. The summed E-state index contributed by atoms with van der Waals surface area (Å²) in [6.45, 7) is 3.37. The van der Waals surface area contributed by atoms with E-state index in [1.165, 1.54) is 0 Å². The maximum absolute atomic E-state index is 12.7. The van der Waals surface area contributed by atoms with Crippen LogP contribution in [0, 0.1) is 5.92 Å². The van der Waals surface area contributed by atoms with Gasteiger partial charge in [0.05, 0.1) is 5.92 Å². The molecule has 3 fully saturated rings. The Morgan fingerprint density at radius 2 is 1.66 bits per heavy atom. The minimum absolute atomic E-state index is 0.105. The molecule has 29 heavy (non-hydrogen) atoms. The van der Waals surface area contributed by atoms with Crippen LogP contribution in [-0.4, -0.2) is 54.9 Å². The molecule has 0 saturated carbocycles. The molecule has 0 spiro atoms. The van der Waals surface area contributed by atoms with E-state index >= 15 is 0 Å². The summed E-state index contributed by atoms with van der Waals surface area (Å²) in [6.07, 6.45) is 4.59. The maximum atomic E-state index is 12.7. The summed E-state index contributed by atoms with van der Waals surface area (Å²) < 4.78 is 6.11. The third-order valence-electron chi connectivity index (χ3n) is 6.27. The summed E-state index contributed by atoms with van der Waals surface area (Å²) >= 11 is 0. The molecule has 0 bridgehead atoms. The number of amides is 3. The molecule has 156 valence electrons. The highest BCUT2D eigenvalue weighted by Gasteiger charge is 2.30. The largest absolute Gasteiger partial charge is 0.490 e. The molecule has 3 aliphatic heterocycles. The van der Waals surface area contributed by atoms with Crippen LogP contribution >= 0.6 is 0 Å². The highest BCUT2D eigenvalue weighted by atomic mass is 16.5. The van der Waals surface area contributed by atoms with Gasteiger partial charge < -0.3 is 15.0 Å². The van der Waals surface area contributed by atoms with Crippen molar-refractivity contribution < 1.29 is 19.1 Å². The van der Waals surface area contributed by atoms with Crippen LogP contribution in [0.1, 0.15) is 50.0 Å². The quantitative estimate of drug-likeness (QED) is 0.751. The van der Waals surface area contributed by atoms with E-state index in [0.717, 1.165) is 63.2 Å². The van der Waals surface area contributed by atoms with Crippen LogP contribution in [0.5, 0.6) is 5.75 Å². The Bertz CT molecular complexity index is 750. The second-order valence-electron chi connectivity index (χ2n) is 8.24. The molecule has 2 N–H and O–H groups in total. The SMILES string of the molecule is O=C1CC[C@H](c2ccc(OC3CCN(C(=O)C4CCNCC4)CC3)cc2)C(=O)N1. The van der Waals surface area contributed by atoms with Crippen molar-refractivity contribution in [3.05, 3.63) is 29.8 Å². The summed E-state index contributed by atoms with van der Waals surface area (Å²) in [5, 5.41) is 5.71. The third-order valence-corrected chi connectivity index (χ3v) is 6.27. The van der Waals surface area contributed by atoms with Gasteiger partial charge in [0.1, 0.15) is 11.9 Å². The molecule has 0 radical (unpaired) electrons. The van der Waals surface area contributed by atoms with Crippen LogP contribution < -0.4 is 15.4 Å².